The monoisotopic (exact) mass is 692 g/mol. The molecule has 0 bridgehead atoms. The number of nitrogens with zero attached hydrogens (tertiary/aromatic N) is 8. The Kier molecular flexibility index (Phi) is 9.36. The zero-order chi connectivity index (χ0) is 34.5. The van der Waals surface area contributed by atoms with Crippen LogP contribution in [-0.2, 0) is 0 Å². The van der Waals surface area contributed by atoms with Crippen molar-refractivity contribution in [3.63, 3.8) is 0 Å². The molecular weight excluding hydrogens is 665 g/mol. The topological polar surface area (TPSA) is 105 Å². The van der Waals surface area contributed by atoms with Crippen LogP contribution in [0.3, 0.4) is 0 Å². The molecule has 244 valence electrons. The number of rotatable bonds is 6. The van der Waals surface area contributed by atoms with E-state index in [-0.39, 0.29) is 10.9 Å². The van der Waals surface area contributed by atoms with Crippen molar-refractivity contribution in [1.29, 1.82) is 0 Å². The minimum absolute atomic E-state index is 0.157. The number of hydrogen-bond acceptors (Lipinski definition) is 8. The highest BCUT2D eigenvalue weighted by Crippen LogP contribution is 2.20. The maximum absolute atomic E-state index is 12.4. The van der Waals surface area contributed by atoms with Gasteiger partial charge in [0.2, 0.25) is 10.9 Å². The first-order valence-electron chi connectivity index (χ1n) is 15.4. The SMILES string of the molecule is O=c1ccn(-c2cccc(S)c2)nc1-c1ccn(-c2ccccc2)n1.O=c1ccn(-c2cccc(S)c2)nc1-c1ccnn1-c1ccccc1. The van der Waals surface area contributed by atoms with Crippen LogP contribution in [0.25, 0.3) is 45.5 Å². The zero-order valence-electron chi connectivity index (χ0n) is 26.3. The van der Waals surface area contributed by atoms with Gasteiger partial charge in [-0.05, 0) is 72.8 Å². The lowest BCUT2D eigenvalue weighted by Gasteiger charge is -2.10. The maximum atomic E-state index is 12.4. The van der Waals surface area contributed by atoms with E-state index in [2.05, 4.69) is 45.7 Å². The van der Waals surface area contributed by atoms with Gasteiger partial charge >= 0.3 is 0 Å². The zero-order valence-corrected chi connectivity index (χ0v) is 28.1. The van der Waals surface area contributed by atoms with Gasteiger partial charge in [-0.1, -0.05) is 48.5 Å². The first kappa shape index (κ1) is 32.3. The van der Waals surface area contributed by atoms with E-state index in [0.29, 0.717) is 22.8 Å². The summed E-state index contributed by atoms with van der Waals surface area (Å²) in [5, 5.41) is 17.8. The Hall–Kier alpha value is -6.24. The Morgan fingerprint density at radius 2 is 0.960 bits per heavy atom. The van der Waals surface area contributed by atoms with Crippen LogP contribution in [-0.4, -0.2) is 39.1 Å². The van der Waals surface area contributed by atoms with E-state index in [1.807, 2.05) is 115 Å². The summed E-state index contributed by atoms with van der Waals surface area (Å²) in [6, 6.07) is 41.1. The maximum Gasteiger partial charge on any atom is 0.209 e. The van der Waals surface area contributed by atoms with Gasteiger partial charge in [0.1, 0.15) is 5.69 Å². The average Bonchev–Trinajstić information content (AvgIpc) is 3.84. The predicted octanol–water partition coefficient (Wildman–Crippen LogP) is 6.75. The lowest BCUT2D eigenvalue weighted by atomic mass is 10.2. The standard InChI is InChI=1S/2C19H14N4OS/c24-18-10-12-23(15-7-4-8-16(25)13-15)21-19(18)17-9-11-22(20-17)14-5-2-1-3-6-14;24-18-10-12-22(15-7-4-8-16(25)13-15)21-19(18)17-9-11-20-23(17)14-5-2-1-3-6-14/h2*1-13,25H. The molecule has 0 unspecified atom stereocenters. The Morgan fingerprint density at radius 1 is 0.460 bits per heavy atom. The van der Waals surface area contributed by atoms with Crippen molar-refractivity contribution >= 4 is 25.3 Å². The van der Waals surface area contributed by atoms with Crippen molar-refractivity contribution in [1.82, 2.24) is 39.1 Å². The van der Waals surface area contributed by atoms with Gasteiger partial charge in [-0.25, -0.2) is 18.7 Å². The second kappa shape index (κ2) is 14.5. The van der Waals surface area contributed by atoms with E-state index in [1.54, 1.807) is 49.5 Å². The molecule has 0 radical (unpaired) electrons. The van der Waals surface area contributed by atoms with Gasteiger partial charge in [0, 0.05) is 40.5 Å². The second-order valence-electron chi connectivity index (χ2n) is 10.9. The van der Waals surface area contributed by atoms with Gasteiger partial charge in [0.25, 0.3) is 0 Å². The van der Waals surface area contributed by atoms with Crippen molar-refractivity contribution in [2.24, 2.45) is 0 Å². The van der Waals surface area contributed by atoms with Crippen molar-refractivity contribution in [3.8, 4) is 45.5 Å². The molecule has 0 aliphatic carbocycles. The first-order chi connectivity index (χ1) is 24.4. The summed E-state index contributed by atoms with van der Waals surface area (Å²) < 4.78 is 6.75. The fraction of sp³-hybridized carbons (Fsp3) is 0. The molecular formula is C38H28N8O2S2. The molecule has 0 fully saturated rings. The van der Waals surface area contributed by atoms with E-state index in [1.165, 1.54) is 12.1 Å². The normalized spacial score (nSPS) is 10.8. The molecule has 12 heteroatoms. The number of thiol groups is 2. The van der Waals surface area contributed by atoms with Crippen LogP contribution in [0.15, 0.2) is 178 Å². The largest absolute Gasteiger partial charge is 0.287 e. The highest BCUT2D eigenvalue weighted by molar-refractivity contribution is 7.80. The molecule has 0 saturated carbocycles. The molecule has 0 amide bonds. The van der Waals surface area contributed by atoms with Gasteiger partial charge in [-0.2, -0.15) is 20.4 Å². The van der Waals surface area contributed by atoms with Crippen LogP contribution < -0.4 is 10.9 Å². The molecule has 8 rings (SSSR count). The third-order valence-corrected chi connectivity index (χ3v) is 8.10. The minimum atomic E-state index is -0.170. The van der Waals surface area contributed by atoms with E-state index in [9.17, 15) is 9.59 Å². The van der Waals surface area contributed by atoms with E-state index in [4.69, 9.17) is 0 Å². The smallest absolute Gasteiger partial charge is 0.209 e. The second-order valence-corrected chi connectivity index (χ2v) is 12.0. The van der Waals surface area contributed by atoms with Gasteiger partial charge in [0.15, 0.2) is 11.4 Å². The van der Waals surface area contributed by atoms with Gasteiger partial charge < -0.3 is 0 Å². The van der Waals surface area contributed by atoms with Crippen LogP contribution in [0.4, 0.5) is 0 Å². The molecule has 0 aliphatic rings. The molecule has 4 aromatic heterocycles. The highest BCUT2D eigenvalue weighted by atomic mass is 32.1. The number of hydrogen-bond donors (Lipinski definition) is 2. The molecule has 0 saturated heterocycles. The van der Waals surface area contributed by atoms with Crippen LogP contribution in [0.1, 0.15) is 0 Å². The predicted molar refractivity (Wildman–Crippen MR) is 199 cm³/mol. The molecule has 0 aliphatic heterocycles. The lowest BCUT2D eigenvalue weighted by molar-refractivity contribution is 0.821. The molecule has 50 heavy (non-hydrogen) atoms. The van der Waals surface area contributed by atoms with Crippen LogP contribution in [0, 0.1) is 0 Å². The molecule has 0 N–H and O–H groups in total. The van der Waals surface area contributed by atoms with E-state index in [0.717, 1.165) is 32.5 Å². The summed E-state index contributed by atoms with van der Waals surface area (Å²) in [6.45, 7) is 0. The summed E-state index contributed by atoms with van der Waals surface area (Å²) in [7, 11) is 0. The van der Waals surface area contributed by atoms with Crippen LogP contribution in [0.5, 0.6) is 0 Å². The third-order valence-electron chi connectivity index (χ3n) is 7.54. The Balaban J connectivity index is 0.000000157. The molecule has 0 spiro atoms. The summed E-state index contributed by atoms with van der Waals surface area (Å²) in [4.78, 5) is 26.3. The Morgan fingerprint density at radius 3 is 1.56 bits per heavy atom. The Bertz CT molecular complexity index is 2530. The molecule has 10 nitrogen and oxygen atoms in total. The van der Waals surface area contributed by atoms with E-state index >= 15 is 0 Å². The van der Waals surface area contributed by atoms with Crippen molar-refractivity contribution in [2.45, 2.75) is 9.79 Å². The molecule has 4 aromatic carbocycles. The van der Waals surface area contributed by atoms with Gasteiger partial charge in [0.05, 0.1) is 34.6 Å². The molecule has 8 aromatic rings. The lowest BCUT2D eigenvalue weighted by Crippen LogP contribution is -2.14. The highest BCUT2D eigenvalue weighted by Gasteiger charge is 2.14. The first-order valence-corrected chi connectivity index (χ1v) is 16.3. The fourth-order valence-electron chi connectivity index (χ4n) is 5.16. The van der Waals surface area contributed by atoms with Crippen molar-refractivity contribution in [3.05, 3.63) is 179 Å². The summed E-state index contributed by atoms with van der Waals surface area (Å²) in [5.74, 6) is 0. The summed E-state index contributed by atoms with van der Waals surface area (Å²) >= 11 is 8.70. The quantitative estimate of drug-likeness (QED) is 0.187. The number of aromatic nitrogens is 8. The van der Waals surface area contributed by atoms with Crippen molar-refractivity contribution < 1.29 is 0 Å². The molecule has 0 atom stereocenters. The van der Waals surface area contributed by atoms with Gasteiger partial charge in [-0.3, -0.25) is 9.59 Å². The van der Waals surface area contributed by atoms with Crippen molar-refractivity contribution in [2.75, 3.05) is 0 Å². The fourth-order valence-corrected chi connectivity index (χ4v) is 5.60. The Labute approximate surface area is 297 Å². The van der Waals surface area contributed by atoms with Crippen LogP contribution >= 0.6 is 25.3 Å². The number of para-hydroxylation sites is 2. The summed E-state index contributed by atoms with van der Waals surface area (Å²) in [5.41, 5.74) is 4.96. The van der Waals surface area contributed by atoms with Gasteiger partial charge in [-0.15, -0.1) is 25.3 Å². The summed E-state index contributed by atoms with van der Waals surface area (Å²) in [6.07, 6.45) is 6.77. The van der Waals surface area contributed by atoms with E-state index < -0.39 is 0 Å². The minimum Gasteiger partial charge on any atom is -0.287 e. The van der Waals surface area contributed by atoms with Crippen LogP contribution in [0.2, 0.25) is 0 Å². The molecule has 4 heterocycles. The average molecular weight is 693 g/mol. The number of benzene rings is 4. The third kappa shape index (κ3) is 7.11.